The van der Waals surface area contributed by atoms with Crippen LogP contribution in [-0.2, 0) is 19.6 Å². The van der Waals surface area contributed by atoms with E-state index in [2.05, 4.69) is 29.0 Å². The second-order valence-electron chi connectivity index (χ2n) is 9.45. The average molecular weight is 451 g/mol. The molecule has 1 heterocycles. The lowest BCUT2D eigenvalue weighted by Gasteiger charge is -2.43. The highest BCUT2D eigenvalue weighted by Crippen LogP contribution is 2.39. The predicted molar refractivity (Wildman–Crippen MR) is 118 cm³/mol. The summed E-state index contributed by atoms with van der Waals surface area (Å²) in [6.07, 6.45) is 7.60. The molecule has 31 heavy (non-hydrogen) atoms. The fourth-order valence-corrected chi connectivity index (χ4v) is 5.87. The Hall–Kier alpha value is -1.48. The fourth-order valence-electron chi connectivity index (χ4n) is 5.05. The van der Waals surface area contributed by atoms with Crippen LogP contribution in [0.15, 0.2) is 30.3 Å². The molecule has 2 saturated carbocycles. The summed E-state index contributed by atoms with van der Waals surface area (Å²) >= 11 is 0. The molecule has 3 aliphatic rings. The van der Waals surface area contributed by atoms with E-state index in [1.165, 1.54) is 5.56 Å². The summed E-state index contributed by atoms with van der Waals surface area (Å²) in [4.78, 5) is 14.6. The highest BCUT2D eigenvalue weighted by atomic mass is 32.2. The van der Waals surface area contributed by atoms with Crippen LogP contribution in [0.2, 0.25) is 0 Å². The molecule has 1 aliphatic heterocycles. The number of benzene rings is 1. The van der Waals surface area contributed by atoms with Crippen molar-refractivity contribution in [3.05, 3.63) is 35.9 Å². The van der Waals surface area contributed by atoms with Crippen molar-refractivity contribution in [2.75, 3.05) is 19.4 Å². The molecule has 0 bridgehead atoms. The number of carbonyl (C=O) groups is 1. The molecule has 8 heteroatoms. The summed E-state index contributed by atoms with van der Waals surface area (Å²) in [6.45, 7) is 0.813. The summed E-state index contributed by atoms with van der Waals surface area (Å²) in [7, 11) is -3.41. The van der Waals surface area contributed by atoms with Crippen molar-refractivity contribution in [1.82, 2.24) is 9.62 Å². The molecular formula is C23H34N2O5S. The molecule has 2 aliphatic carbocycles. The summed E-state index contributed by atoms with van der Waals surface area (Å²) in [6, 6.07) is 9.77. The summed E-state index contributed by atoms with van der Waals surface area (Å²) in [5.41, 5.74) is 0.110. The van der Waals surface area contributed by atoms with Gasteiger partial charge in [0.25, 0.3) is 5.91 Å². The van der Waals surface area contributed by atoms with Crippen LogP contribution in [0.25, 0.3) is 0 Å². The first kappa shape index (κ1) is 22.7. The molecule has 2 N–H and O–H groups in total. The zero-order valence-electron chi connectivity index (χ0n) is 18.2. The van der Waals surface area contributed by atoms with Gasteiger partial charge < -0.3 is 14.7 Å². The van der Waals surface area contributed by atoms with E-state index < -0.39 is 27.7 Å². The number of rotatable bonds is 7. The normalized spacial score (nSPS) is 30.7. The van der Waals surface area contributed by atoms with E-state index in [4.69, 9.17) is 4.74 Å². The van der Waals surface area contributed by atoms with Gasteiger partial charge >= 0.3 is 0 Å². The lowest BCUT2D eigenvalue weighted by molar-refractivity contribution is -0.149. The third-order valence-electron chi connectivity index (χ3n) is 6.97. The van der Waals surface area contributed by atoms with Gasteiger partial charge in [0.2, 0.25) is 10.0 Å². The van der Waals surface area contributed by atoms with Gasteiger partial charge in [-0.2, -0.15) is 0 Å². The third-order valence-corrected chi connectivity index (χ3v) is 7.71. The second-order valence-corrected chi connectivity index (χ2v) is 11.2. The first-order valence-corrected chi connectivity index (χ1v) is 13.3. The summed E-state index contributed by atoms with van der Waals surface area (Å²) in [5.74, 6) is 0.270. The van der Waals surface area contributed by atoms with Gasteiger partial charge in [-0.1, -0.05) is 30.3 Å². The van der Waals surface area contributed by atoms with Gasteiger partial charge in [0, 0.05) is 12.6 Å². The SMILES string of the molecule is CS(=O)(=O)N[C@H]1CCCN(C(=O)C2(O)CC2)[C@H]1COC1CCC(c2ccccc2)CC1. The number of sulfonamides is 1. The smallest absolute Gasteiger partial charge is 0.254 e. The van der Waals surface area contributed by atoms with Crippen LogP contribution in [-0.4, -0.2) is 67.5 Å². The highest BCUT2D eigenvalue weighted by molar-refractivity contribution is 7.88. The monoisotopic (exact) mass is 450 g/mol. The van der Waals surface area contributed by atoms with E-state index in [1.54, 1.807) is 4.90 Å². The summed E-state index contributed by atoms with van der Waals surface area (Å²) in [5, 5.41) is 10.4. The molecule has 1 aromatic carbocycles. The highest BCUT2D eigenvalue weighted by Gasteiger charge is 2.52. The van der Waals surface area contributed by atoms with Crippen LogP contribution >= 0.6 is 0 Å². The number of piperidine rings is 1. The topological polar surface area (TPSA) is 95.9 Å². The molecule has 1 amide bonds. The van der Waals surface area contributed by atoms with Gasteiger partial charge in [-0.15, -0.1) is 0 Å². The lowest BCUT2D eigenvalue weighted by atomic mass is 9.83. The number of aliphatic hydroxyl groups is 1. The predicted octanol–water partition coefficient (Wildman–Crippen LogP) is 2.16. The van der Waals surface area contributed by atoms with Crippen LogP contribution in [0.3, 0.4) is 0 Å². The van der Waals surface area contributed by atoms with Crippen LogP contribution in [0.5, 0.6) is 0 Å². The standard InChI is InChI=1S/C23H34N2O5S/c1-31(28,29)24-20-8-5-15-25(22(26)23(27)13-14-23)21(20)16-30-19-11-9-18(10-12-19)17-6-3-2-4-7-17/h2-4,6-7,18-21,24,27H,5,8-16H2,1H3/t18?,19?,20-,21-/m0/s1. The first-order chi connectivity index (χ1) is 14.8. The van der Waals surface area contributed by atoms with Gasteiger partial charge in [0.15, 0.2) is 0 Å². The summed E-state index contributed by atoms with van der Waals surface area (Å²) < 4.78 is 32.8. The molecule has 0 radical (unpaired) electrons. The van der Waals surface area contributed by atoms with Crippen molar-refractivity contribution >= 4 is 15.9 Å². The Labute approximate surface area is 185 Å². The fraction of sp³-hybridized carbons (Fsp3) is 0.696. The minimum Gasteiger partial charge on any atom is -0.380 e. The van der Waals surface area contributed by atoms with E-state index in [-0.39, 0.29) is 18.6 Å². The average Bonchev–Trinajstić information content (AvgIpc) is 3.51. The van der Waals surface area contributed by atoms with Gasteiger partial charge in [-0.25, -0.2) is 13.1 Å². The van der Waals surface area contributed by atoms with Crippen molar-refractivity contribution in [3.8, 4) is 0 Å². The Morgan fingerprint density at radius 2 is 1.84 bits per heavy atom. The molecule has 172 valence electrons. The molecular weight excluding hydrogens is 416 g/mol. The molecule has 2 atom stereocenters. The van der Waals surface area contributed by atoms with E-state index in [1.807, 2.05) is 6.07 Å². The molecule has 4 rings (SSSR count). The molecule has 0 spiro atoms. The molecule has 0 unspecified atom stereocenters. The van der Waals surface area contributed by atoms with Crippen molar-refractivity contribution in [1.29, 1.82) is 0 Å². The Kier molecular flexibility index (Phi) is 6.72. The minimum absolute atomic E-state index is 0.113. The zero-order chi connectivity index (χ0) is 22.1. The van der Waals surface area contributed by atoms with Gasteiger partial charge in [0.1, 0.15) is 5.60 Å². The second kappa shape index (κ2) is 9.17. The molecule has 0 aromatic heterocycles. The third kappa shape index (κ3) is 5.66. The molecule has 3 fully saturated rings. The Balaban J connectivity index is 1.38. The van der Waals surface area contributed by atoms with Gasteiger partial charge in [-0.3, -0.25) is 4.79 Å². The van der Waals surface area contributed by atoms with Crippen molar-refractivity contribution in [3.63, 3.8) is 0 Å². The number of hydrogen-bond acceptors (Lipinski definition) is 5. The lowest BCUT2D eigenvalue weighted by Crippen LogP contribution is -2.61. The number of carbonyl (C=O) groups excluding carboxylic acids is 1. The number of nitrogens with one attached hydrogen (secondary N) is 1. The zero-order valence-corrected chi connectivity index (χ0v) is 19.0. The van der Waals surface area contributed by atoms with Crippen molar-refractivity contribution < 1.29 is 23.1 Å². The van der Waals surface area contributed by atoms with Crippen molar-refractivity contribution in [2.45, 2.75) is 81.1 Å². The largest absolute Gasteiger partial charge is 0.380 e. The number of amides is 1. The Morgan fingerprint density at radius 3 is 2.45 bits per heavy atom. The maximum atomic E-state index is 12.9. The molecule has 1 saturated heterocycles. The number of nitrogens with zero attached hydrogens (tertiary/aromatic N) is 1. The van der Waals surface area contributed by atoms with Gasteiger partial charge in [-0.05, 0) is 62.8 Å². The molecule has 7 nitrogen and oxygen atoms in total. The number of likely N-dealkylation sites (tertiary alicyclic amines) is 1. The first-order valence-electron chi connectivity index (χ1n) is 11.4. The number of ether oxygens (including phenoxy) is 1. The van der Waals surface area contributed by atoms with Crippen LogP contribution in [0.1, 0.15) is 62.8 Å². The van der Waals surface area contributed by atoms with E-state index >= 15 is 0 Å². The van der Waals surface area contributed by atoms with Crippen LogP contribution in [0.4, 0.5) is 0 Å². The quantitative estimate of drug-likeness (QED) is 0.664. The van der Waals surface area contributed by atoms with E-state index in [0.29, 0.717) is 38.1 Å². The van der Waals surface area contributed by atoms with E-state index in [0.717, 1.165) is 31.9 Å². The Bertz CT molecular complexity index is 863. The number of hydrogen-bond donors (Lipinski definition) is 2. The maximum Gasteiger partial charge on any atom is 0.254 e. The maximum absolute atomic E-state index is 12.9. The van der Waals surface area contributed by atoms with E-state index in [9.17, 15) is 18.3 Å². The van der Waals surface area contributed by atoms with Crippen molar-refractivity contribution in [2.24, 2.45) is 0 Å². The minimum atomic E-state index is -3.41. The molecule has 1 aromatic rings. The van der Waals surface area contributed by atoms with Crippen LogP contribution < -0.4 is 4.72 Å². The van der Waals surface area contributed by atoms with Crippen LogP contribution in [0, 0.1) is 0 Å². The Morgan fingerprint density at radius 1 is 1.16 bits per heavy atom. The van der Waals surface area contributed by atoms with Gasteiger partial charge in [0.05, 0.1) is 25.0 Å².